The van der Waals surface area contributed by atoms with Gasteiger partial charge in [0.25, 0.3) is 0 Å². The summed E-state index contributed by atoms with van der Waals surface area (Å²) < 4.78 is 0. The summed E-state index contributed by atoms with van der Waals surface area (Å²) in [6.07, 6.45) is 6.48. The fourth-order valence-corrected chi connectivity index (χ4v) is 2.79. The highest BCUT2D eigenvalue weighted by molar-refractivity contribution is 5.60. The van der Waals surface area contributed by atoms with Crippen LogP contribution in [-0.4, -0.2) is 10.2 Å². The summed E-state index contributed by atoms with van der Waals surface area (Å²) >= 11 is 0. The van der Waals surface area contributed by atoms with Gasteiger partial charge in [-0.05, 0) is 43.2 Å². The lowest BCUT2D eigenvalue weighted by atomic mass is 9.87. The highest BCUT2D eigenvalue weighted by Crippen LogP contribution is 2.31. The molecule has 4 nitrogen and oxygen atoms in total. The lowest BCUT2D eigenvalue weighted by Gasteiger charge is -2.20. The van der Waals surface area contributed by atoms with Crippen LogP contribution in [0.25, 0.3) is 0 Å². The largest absolute Gasteiger partial charge is 0.399 e. The minimum atomic E-state index is 0.595. The average molecular weight is 268 g/mol. The smallest absolute Gasteiger partial charge is 0.153 e. The van der Waals surface area contributed by atoms with E-state index in [-0.39, 0.29) is 0 Å². The number of rotatable bonds is 3. The van der Waals surface area contributed by atoms with Gasteiger partial charge >= 0.3 is 0 Å². The van der Waals surface area contributed by atoms with E-state index in [1.807, 2.05) is 30.3 Å². The van der Waals surface area contributed by atoms with Gasteiger partial charge in [-0.1, -0.05) is 25.3 Å². The van der Waals surface area contributed by atoms with Gasteiger partial charge in [0, 0.05) is 17.3 Å². The SMILES string of the molecule is Nc1cccc(Nc2ccc(C3CCCCC3)nn2)c1. The van der Waals surface area contributed by atoms with Crippen LogP contribution in [0.2, 0.25) is 0 Å². The van der Waals surface area contributed by atoms with Gasteiger partial charge in [0.05, 0.1) is 5.69 Å². The summed E-state index contributed by atoms with van der Waals surface area (Å²) in [5.41, 5.74) is 8.56. The maximum atomic E-state index is 5.76. The molecule has 0 amide bonds. The summed E-state index contributed by atoms with van der Waals surface area (Å²) in [6, 6.07) is 11.7. The van der Waals surface area contributed by atoms with Crippen LogP contribution in [0.15, 0.2) is 36.4 Å². The van der Waals surface area contributed by atoms with Crippen molar-refractivity contribution in [3.05, 3.63) is 42.1 Å². The Morgan fingerprint density at radius 1 is 1.00 bits per heavy atom. The van der Waals surface area contributed by atoms with E-state index >= 15 is 0 Å². The molecule has 0 atom stereocenters. The molecule has 0 aliphatic heterocycles. The van der Waals surface area contributed by atoms with E-state index < -0.39 is 0 Å². The van der Waals surface area contributed by atoms with Crippen molar-refractivity contribution in [2.24, 2.45) is 0 Å². The van der Waals surface area contributed by atoms with Crippen LogP contribution < -0.4 is 11.1 Å². The third-order valence-electron chi connectivity index (χ3n) is 3.87. The molecule has 3 rings (SSSR count). The Morgan fingerprint density at radius 3 is 2.55 bits per heavy atom. The lowest BCUT2D eigenvalue weighted by molar-refractivity contribution is 0.434. The molecular formula is C16H20N4. The molecule has 1 aromatic heterocycles. The molecule has 104 valence electrons. The fourth-order valence-electron chi connectivity index (χ4n) is 2.79. The molecule has 1 aliphatic rings. The first-order chi connectivity index (χ1) is 9.81. The average Bonchev–Trinajstić information content (AvgIpc) is 2.49. The number of nitrogens with two attached hydrogens (primary N) is 1. The molecule has 0 saturated heterocycles. The standard InChI is InChI=1S/C16H20N4/c17-13-7-4-8-14(11-13)18-16-10-9-15(19-20-16)12-5-2-1-3-6-12/h4,7-12H,1-3,5-6,17H2,(H,18,20). The third-order valence-corrected chi connectivity index (χ3v) is 3.87. The molecule has 1 saturated carbocycles. The number of nitrogen functional groups attached to an aromatic ring is 1. The van der Waals surface area contributed by atoms with Crippen LogP contribution in [0.3, 0.4) is 0 Å². The van der Waals surface area contributed by atoms with Crippen molar-refractivity contribution >= 4 is 17.2 Å². The van der Waals surface area contributed by atoms with Gasteiger partial charge < -0.3 is 11.1 Å². The second kappa shape index (κ2) is 5.90. The minimum Gasteiger partial charge on any atom is -0.399 e. The zero-order valence-electron chi connectivity index (χ0n) is 11.5. The van der Waals surface area contributed by atoms with Crippen LogP contribution in [0.4, 0.5) is 17.2 Å². The van der Waals surface area contributed by atoms with E-state index in [4.69, 9.17) is 5.73 Å². The van der Waals surface area contributed by atoms with Crippen LogP contribution in [-0.2, 0) is 0 Å². The Balaban J connectivity index is 1.69. The molecular weight excluding hydrogens is 248 g/mol. The Hall–Kier alpha value is -2.10. The van der Waals surface area contributed by atoms with Crippen molar-refractivity contribution in [3.8, 4) is 0 Å². The molecule has 3 N–H and O–H groups in total. The van der Waals surface area contributed by atoms with Gasteiger partial charge in [-0.25, -0.2) is 0 Å². The lowest BCUT2D eigenvalue weighted by Crippen LogP contribution is -2.08. The van der Waals surface area contributed by atoms with Gasteiger partial charge in [-0.2, -0.15) is 5.10 Å². The molecule has 0 spiro atoms. The predicted molar refractivity (Wildman–Crippen MR) is 82.0 cm³/mol. The van der Waals surface area contributed by atoms with Gasteiger partial charge in [0.15, 0.2) is 5.82 Å². The second-order valence-electron chi connectivity index (χ2n) is 5.43. The van der Waals surface area contributed by atoms with Crippen LogP contribution in [0, 0.1) is 0 Å². The zero-order chi connectivity index (χ0) is 13.8. The summed E-state index contributed by atoms with van der Waals surface area (Å²) in [6.45, 7) is 0. The molecule has 4 heteroatoms. The summed E-state index contributed by atoms with van der Waals surface area (Å²) in [7, 11) is 0. The molecule has 1 heterocycles. The van der Waals surface area contributed by atoms with E-state index in [1.54, 1.807) is 0 Å². The first-order valence-electron chi connectivity index (χ1n) is 7.27. The van der Waals surface area contributed by atoms with Crippen LogP contribution >= 0.6 is 0 Å². The van der Waals surface area contributed by atoms with Crippen molar-refractivity contribution in [2.75, 3.05) is 11.1 Å². The number of aromatic nitrogens is 2. The first-order valence-corrected chi connectivity index (χ1v) is 7.27. The van der Waals surface area contributed by atoms with E-state index in [2.05, 4.69) is 21.6 Å². The molecule has 2 aromatic rings. The van der Waals surface area contributed by atoms with Crippen molar-refractivity contribution in [2.45, 2.75) is 38.0 Å². The number of nitrogens with zero attached hydrogens (tertiary/aromatic N) is 2. The van der Waals surface area contributed by atoms with Crippen molar-refractivity contribution in [3.63, 3.8) is 0 Å². The third kappa shape index (κ3) is 3.07. The van der Waals surface area contributed by atoms with Crippen molar-refractivity contribution < 1.29 is 0 Å². The van der Waals surface area contributed by atoms with Gasteiger partial charge in [0.2, 0.25) is 0 Å². The molecule has 20 heavy (non-hydrogen) atoms. The first kappa shape index (κ1) is 12.9. The molecule has 0 bridgehead atoms. The Bertz CT molecular complexity index is 559. The Kier molecular flexibility index (Phi) is 3.81. The van der Waals surface area contributed by atoms with E-state index in [9.17, 15) is 0 Å². The quantitative estimate of drug-likeness (QED) is 0.830. The van der Waals surface area contributed by atoms with E-state index in [0.717, 1.165) is 22.9 Å². The fraction of sp³-hybridized carbons (Fsp3) is 0.375. The van der Waals surface area contributed by atoms with Crippen LogP contribution in [0.5, 0.6) is 0 Å². The number of nitrogens with one attached hydrogen (secondary N) is 1. The molecule has 1 aliphatic carbocycles. The molecule has 1 aromatic carbocycles. The summed E-state index contributed by atoms with van der Waals surface area (Å²) in [5.74, 6) is 1.35. The summed E-state index contributed by atoms with van der Waals surface area (Å²) in [5, 5.41) is 11.9. The van der Waals surface area contributed by atoms with E-state index in [0.29, 0.717) is 5.92 Å². The predicted octanol–water partition coefficient (Wildman–Crippen LogP) is 3.85. The maximum absolute atomic E-state index is 5.76. The highest BCUT2D eigenvalue weighted by atomic mass is 15.2. The van der Waals surface area contributed by atoms with Crippen molar-refractivity contribution in [1.29, 1.82) is 0 Å². The number of hydrogen-bond acceptors (Lipinski definition) is 4. The number of benzene rings is 1. The zero-order valence-corrected chi connectivity index (χ0v) is 11.5. The van der Waals surface area contributed by atoms with E-state index in [1.165, 1.54) is 32.1 Å². The highest BCUT2D eigenvalue weighted by Gasteiger charge is 2.16. The number of hydrogen-bond donors (Lipinski definition) is 2. The molecule has 1 fully saturated rings. The maximum Gasteiger partial charge on any atom is 0.153 e. The minimum absolute atomic E-state index is 0.595. The Labute approximate surface area is 119 Å². The molecule has 0 unspecified atom stereocenters. The second-order valence-corrected chi connectivity index (χ2v) is 5.43. The normalized spacial score (nSPS) is 16.0. The number of anilines is 3. The Morgan fingerprint density at radius 2 is 1.85 bits per heavy atom. The van der Waals surface area contributed by atoms with Gasteiger partial charge in [0.1, 0.15) is 0 Å². The van der Waals surface area contributed by atoms with Crippen molar-refractivity contribution in [1.82, 2.24) is 10.2 Å². The monoisotopic (exact) mass is 268 g/mol. The van der Waals surface area contributed by atoms with Gasteiger partial charge in [-0.3, -0.25) is 0 Å². The van der Waals surface area contributed by atoms with Gasteiger partial charge in [-0.15, -0.1) is 5.10 Å². The molecule has 0 radical (unpaired) electrons. The summed E-state index contributed by atoms with van der Waals surface area (Å²) in [4.78, 5) is 0. The topological polar surface area (TPSA) is 63.8 Å². The van der Waals surface area contributed by atoms with Crippen LogP contribution in [0.1, 0.15) is 43.7 Å².